The molecule has 0 bridgehead atoms. The Kier molecular flexibility index (Phi) is 4.39. The largest absolute Gasteiger partial charge is 0.388 e. The Morgan fingerprint density at radius 1 is 1.40 bits per heavy atom. The number of hydrogen-bond acceptors (Lipinski definition) is 6. The van der Waals surface area contributed by atoms with E-state index in [-0.39, 0.29) is 18.1 Å². The van der Waals surface area contributed by atoms with Crippen molar-refractivity contribution in [2.24, 2.45) is 0 Å². The molecule has 7 heteroatoms. The summed E-state index contributed by atoms with van der Waals surface area (Å²) in [6.45, 7) is 2.90. The van der Waals surface area contributed by atoms with Crippen LogP contribution in [0.3, 0.4) is 0 Å². The highest BCUT2D eigenvalue weighted by molar-refractivity contribution is 5.60. The van der Waals surface area contributed by atoms with Crippen molar-refractivity contribution in [3.8, 4) is 0 Å². The summed E-state index contributed by atoms with van der Waals surface area (Å²) in [5.41, 5.74) is -0.850. The lowest BCUT2D eigenvalue weighted by Crippen LogP contribution is -2.33. The van der Waals surface area contributed by atoms with Crippen molar-refractivity contribution < 1.29 is 10.0 Å². The summed E-state index contributed by atoms with van der Waals surface area (Å²) in [5.74, 6) is 0.785. The van der Waals surface area contributed by atoms with E-state index < -0.39 is 10.5 Å². The first kappa shape index (κ1) is 14.5. The van der Waals surface area contributed by atoms with Gasteiger partial charge < -0.3 is 15.7 Å². The number of nitro groups is 1. The van der Waals surface area contributed by atoms with Crippen molar-refractivity contribution in [2.45, 2.75) is 38.2 Å². The zero-order valence-electron chi connectivity index (χ0n) is 11.6. The summed E-state index contributed by atoms with van der Waals surface area (Å²) >= 11 is 0. The summed E-state index contributed by atoms with van der Waals surface area (Å²) in [6.07, 6.45) is 3.43. The minimum atomic E-state index is -0.774. The van der Waals surface area contributed by atoms with Crippen LogP contribution in [0, 0.1) is 10.1 Å². The molecule has 0 atom stereocenters. The van der Waals surface area contributed by atoms with Crippen molar-refractivity contribution in [3.05, 3.63) is 22.2 Å². The molecule has 0 unspecified atom stereocenters. The van der Waals surface area contributed by atoms with E-state index in [1.165, 1.54) is 6.07 Å². The third-order valence-electron chi connectivity index (χ3n) is 3.55. The molecule has 0 aromatic carbocycles. The lowest BCUT2D eigenvalue weighted by molar-refractivity contribution is -0.384. The molecule has 3 N–H and O–H groups in total. The van der Waals surface area contributed by atoms with Crippen molar-refractivity contribution >= 4 is 17.3 Å². The van der Waals surface area contributed by atoms with Crippen LogP contribution >= 0.6 is 0 Å². The summed E-state index contributed by atoms with van der Waals surface area (Å²) in [5, 5.41) is 27.2. The molecule has 0 spiro atoms. The van der Waals surface area contributed by atoms with Gasteiger partial charge in [-0.3, -0.25) is 10.1 Å². The van der Waals surface area contributed by atoms with Gasteiger partial charge in [0.15, 0.2) is 0 Å². The van der Waals surface area contributed by atoms with Gasteiger partial charge in [-0.15, -0.1) is 0 Å². The van der Waals surface area contributed by atoms with Crippen LogP contribution in [0.15, 0.2) is 12.1 Å². The van der Waals surface area contributed by atoms with Gasteiger partial charge in [-0.05, 0) is 25.8 Å². The number of aromatic nitrogens is 1. The second-order valence-corrected chi connectivity index (χ2v) is 5.14. The Balaban J connectivity index is 2.14. The van der Waals surface area contributed by atoms with E-state index in [0.717, 1.165) is 25.7 Å². The Bertz CT molecular complexity index is 487. The average Bonchev–Trinajstić information content (AvgIpc) is 2.84. The monoisotopic (exact) mass is 280 g/mol. The predicted molar refractivity (Wildman–Crippen MR) is 77.0 cm³/mol. The Morgan fingerprint density at radius 3 is 2.70 bits per heavy atom. The van der Waals surface area contributed by atoms with E-state index in [2.05, 4.69) is 15.6 Å². The number of anilines is 2. The molecule has 1 aromatic rings. The second-order valence-electron chi connectivity index (χ2n) is 5.14. The van der Waals surface area contributed by atoms with Crippen molar-refractivity contribution in [2.75, 3.05) is 23.7 Å². The Hall–Kier alpha value is -1.89. The fourth-order valence-electron chi connectivity index (χ4n) is 2.47. The molecule has 1 aromatic heterocycles. The normalized spacial score (nSPS) is 16.9. The molecule has 1 fully saturated rings. The summed E-state index contributed by atoms with van der Waals surface area (Å²) < 4.78 is 0. The molecule has 0 saturated heterocycles. The molecular formula is C13H20N4O3. The highest BCUT2D eigenvalue weighted by atomic mass is 16.6. The molecule has 0 radical (unpaired) electrons. The van der Waals surface area contributed by atoms with Crippen LogP contribution in [0.1, 0.15) is 32.6 Å². The Morgan fingerprint density at radius 2 is 2.10 bits per heavy atom. The van der Waals surface area contributed by atoms with E-state index in [1.807, 2.05) is 6.92 Å². The molecule has 1 aliphatic carbocycles. The first-order chi connectivity index (χ1) is 9.54. The molecule has 110 valence electrons. The summed E-state index contributed by atoms with van der Waals surface area (Å²) in [6, 6.07) is 3.00. The minimum absolute atomic E-state index is 0.0757. The van der Waals surface area contributed by atoms with Crippen LogP contribution in [-0.4, -0.2) is 33.7 Å². The molecule has 1 heterocycles. The fraction of sp³-hybridized carbons (Fsp3) is 0.615. The first-order valence-electron chi connectivity index (χ1n) is 6.90. The molecule has 1 saturated carbocycles. The van der Waals surface area contributed by atoms with Crippen LogP contribution in [0.5, 0.6) is 0 Å². The molecular weight excluding hydrogens is 260 g/mol. The van der Waals surface area contributed by atoms with Gasteiger partial charge in [0.1, 0.15) is 5.82 Å². The number of rotatable bonds is 6. The van der Waals surface area contributed by atoms with Crippen LogP contribution in [0.2, 0.25) is 0 Å². The molecule has 0 aliphatic heterocycles. The number of hydrogen-bond donors (Lipinski definition) is 3. The van der Waals surface area contributed by atoms with E-state index in [0.29, 0.717) is 12.4 Å². The number of nitrogens with one attached hydrogen (secondary N) is 2. The zero-order valence-corrected chi connectivity index (χ0v) is 11.6. The molecule has 2 rings (SSSR count). The van der Waals surface area contributed by atoms with Crippen molar-refractivity contribution in [1.82, 2.24) is 4.98 Å². The van der Waals surface area contributed by atoms with E-state index in [1.54, 1.807) is 6.07 Å². The topological polar surface area (TPSA) is 100 Å². The van der Waals surface area contributed by atoms with Crippen molar-refractivity contribution in [3.63, 3.8) is 0 Å². The minimum Gasteiger partial charge on any atom is -0.388 e. The van der Waals surface area contributed by atoms with E-state index in [4.69, 9.17) is 0 Å². The molecule has 0 amide bonds. The maximum absolute atomic E-state index is 11.0. The van der Waals surface area contributed by atoms with E-state index >= 15 is 0 Å². The lowest BCUT2D eigenvalue weighted by atomic mass is 10.0. The first-order valence-corrected chi connectivity index (χ1v) is 6.90. The maximum atomic E-state index is 11.0. The van der Waals surface area contributed by atoms with E-state index in [9.17, 15) is 15.2 Å². The third-order valence-corrected chi connectivity index (χ3v) is 3.55. The van der Waals surface area contributed by atoms with Gasteiger partial charge in [-0.25, -0.2) is 4.98 Å². The van der Waals surface area contributed by atoms with Gasteiger partial charge >= 0.3 is 5.69 Å². The van der Waals surface area contributed by atoms with Crippen molar-refractivity contribution in [1.29, 1.82) is 0 Å². The predicted octanol–water partition coefficient (Wildman–Crippen LogP) is 2.14. The molecule has 1 aliphatic rings. The van der Waals surface area contributed by atoms with Gasteiger partial charge in [-0.1, -0.05) is 12.8 Å². The quantitative estimate of drug-likeness (QED) is 0.545. The third kappa shape index (κ3) is 3.36. The highest BCUT2D eigenvalue weighted by Gasteiger charge is 2.31. The Labute approximate surface area is 117 Å². The van der Waals surface area contributed by atoms with Crippen LogP contribution < -0.4 is 10.6 Å². The summed E-state index contributed by atoms with van der Waals surface area (Å²) in [4.78, 5) is 14.7. The SMILES string of the molecule is CCNc1ccc([N+](=O)[O-])c(NCC2(O)CCCC2)n1. The van der Waals surface area contributed by atoms with Crippen LogP contribution in [0.25, 0.3) is 0 Å². The smallest absolute Gasteiger partial charge is 0.311 e. The average molecular weight is 280 g/mol. The maximum Gasteiger partial charge on any atom is 0.311 e. The second kappa shape index (κ2) is 6.04. The number of pyridine rings is 1. The van der Waals surface area contributed by atoms with Gasteiger partial charge in [0.25, 0.3) is 0 Å². The number of aliphatic hydroxyl groups is 1. The van der Waals surface area contributed by atoms with Crippen LogP contribution in [-0.2, 0) is 0 Å². The fourth-order valence-corrected chi connectivity index (χ4v) is 2.47. The van der Waals surface area contributed by atoms with Crippen LogP contribution in [0.4, 0.5) is 17.3 Å². The van der Waals surface area contributed by atoms with Gasteiger partial charge in [0.05, 0.1) is 10.5 Å². The summed E-state index contributed by atoms with van der Waals surface area (Å²) in [7, 11) is 0. The zero-order chi connectivity index (χ0) is 14.6. The standard InChI is InChI=1S/C13H20N4O3/c1-2-14-11-6-5-10(17(19)20)12(16-11)15-9-13(18)7-3-4-8-13/h5-6,18H,2-4,7-9H2,1H3,(H2,14,15,16). The van der Waals surface area contributed by atoms with Gasteiger partial charge in [0.2, 0.25) is 5.82 Å². The van der Waals surface area contributed by atoms with Gasteiger partial charge in [0, 0.05) is 19.2 Å². The van der Waals surface area contributed by atoms with Gasteiger partial charge in [-0.2, -0.15) is 0 Å². The lowest BCUT2D eigenvalue weighted by Gasteiger charge is -2.22. The molecule has 7 nitrogen and oxygen atoms in total. The highest BCUT2D eigenvalue weighted by Crippen LogP contribution is 2.31. The molecule has 20 heavy (non-hydrogen) atoms. The number of nitrogens with zero attached hydrogens (tertiary/aromatic N) is 2.